The summed E-state index contributed by atoms with van der Waals surface area (Å²) in [5.41, 5.74) is -0.311. The predicted octanol–water partition coefficient (Wildman–Crippen LogP) is 4.04. The van der Waals surface area contributed by atoms with E-state index in [2.05, 4.69) is 39.9 Å². The van der Waals surface area contributed by atoms with Crippen molar-refractivity contribution in [3.05, 3.63) is 0 Å². The number of carbonyl (C=O) groups excluding carboxylic acids is 1. The summed E-state index contributed by atoms with van der Waals surface area (Å²) in [5, 5.41) is 3.38. The molecule has 0 amide bonds. The normalized spacial score (nSPS) is 14.1. The Labute approximate surface area is 109 Å². The van der Waals surface area contributed by atoms with E-state index in [1.54, 1.807) is 0 Å². The highest BCUT2D eigenvalue weighted by molar-refractivity contribution is 5.89. The topological polar surface area (TPSA) is 29.1 Å². The van der Waals surface area contributed by atoms with E-state index < -0.39 is 0 Å². The van der Waals surface area contributed by atoms with E-state index >= 15 is 0 Å². The standard InChI is InChI=1S/C13H27NO.C2H6/c1-9(2)14-10(12(3,4)5)11(15)13(6,7)8;1-2/h9-10,14H,1-8H3;1-2H3. The summed E-state index contributed by atoms with van der Waals surface area (Å²) in [4.78, 5) is 12.3. The number of hydrogen-bond donors (Lipinski definition) is 1. The molecule has 0 fully saturated rings. The zero-order valence-electron chi connectivity index (χ0n) is 13.6. The molecule has 0 heterocycles. The smallest absolute Gasteiger partial charge is 0.155 e. The lowest BCUT2D eigenvalue weighted by molar-refractivity contribution is -0.131. The van der Waals surface area contributed by atoms with E-state index in [1.807, 2.05) is 34.6 Å². The summed E-state index contributed by atoms with van der Waals surface area (Å²) < 4.78 is 0. The Morgan fingerprint density at radius 3 is 1.47 bits per heavy atom. The van der Waals surface area contributed by atoms with Crippen molar-refractivity contribution in [3.63, 3.8) is 0 Å². The Balaban J connectivity index is 0. The van der Waals surface area contributed by atoms with E-state index in [0.29, 0.717) is 11.8 Å². The molecule has 2 nitrogen and oxygen atoms in total. The monoisotopic (exact) mass is 243 g/mol. The van der Waals surface area contributed by atoms with Crippen LogP contribution in [0.25, 0.3) is 0 Å². The third-order valence-corrected chi connectivity index (χ3v) is 2.37. The van der Waals surface area contributed by atoms with Crippen LogP contribution in [0.4, 0.5) is 0 Å². The van der Waals surface area contributed by atoms with E-state index in [-0.39, 0.29) is 16.9 Å². The second-order valence-corrected chi connectivity index (χ2v) is 6.73. The lowest BCUT2D eigenvalue weighted by Gasteiger charge is -2.36. The van der Waals surface area contributed by atoms with Crippen molar-refractivity contribution in [1.82, 2.24) is 5.32 Å². The zero-order chi connectivity index (χ0) is 14.4. The molecule has 1 N–H and O–H groups in total. The van der Waals surface area contributed by atoms with Crippen molar-refractivity contribution in [3.8, 4) is 0 Å². The minimum absolute atomic E-state index is 0.0331. The molecule has 0 aliphatic carbocycles. The molecule has 0 bridgehead atoms. The number of hydrogen-bond acceptors (Lipinski definition) is 2. The van der Waals surface area contributed by atoms with Crippen LogP contribution < -0.4 is 5.32 Å². The lowest BCUT2D eigenvalue weighted by Crippen LogP contribution is -2.52. The Morgan fingerprint density at radius 2 is 1.29 bits per heavy atom. The zero-order valence-corrected chi connectivity index (χ0v) is 13.6. The summed E-state index contributed by atoms with van der Waals surface area (Å²) >= 11 is 0. The first-order valence-corrected chi connectivity index (χ1v) is 6.76. The Bertz CT molecular complexity index is 218. The first-order valence-electron chi connectivity index (χ1n) is 6.76. The molecule has 17 heavy (non-hydrogen) atoms. The molecule has 0 spiro atoms. The number of nitrogens with one attached hydrogen (secondary N) is 1. The van der Waals surface area contributed by atoms with E-state index in [0.717, 1.165) is 0 Å². The van der Waals surface area contributed by atoms with Crippen LogP contribution in [0.1, 0.15) is 69.2 Å². The number of rotatable bonds is 3. The van der Waals surface area contributed by atoms with Crippen LogP contribution in [-0.4, -0.2) is 17.9 Å². The van der Waals surface area contributed by atoms with Gasteiger partial charge in [0.25, 0.3) is 0 Å². The van der Waals surface area contributed by atoms with Gasteiger partial charge in [0.1, 0.15) is 0 Å². The molecule has 0 aromatic carbocycles. The summed E-state index contributed by atoms with van der Waals surface area (Å²) in [7, 11) is 0. The molecular weight excluding hydrogens is 210 g/mol. The fourth-order valence-corrected chi connectivity index (χ4v) is 1.49. The fraction of sp³-hybridized carbons (Fsp3) is 0.933. The van der Waals surface area contributed by atoms with Crippen LogP contribution >= 0.6 is 0 Å². The van der Waals surface area contributed by atoms with Gasteiger partial charge < -0.3 is 5.32 Å². The van der Waals surface area contributed by atoms with Crippen LogP contribution in [0, 0.1) is 10.8 Å². The van der Waals surface area contributed by atoms with Gasteiger partial charge in [-0.25, -0.2) is 0 Å². The molecule has 0 saturated heterocycles. The number of Topliss-reactive ketones (excluding diaryl/α,β-unsaturated/α-hetero) is 1. The van der Waals surface area contributed by atoms with Gasteiger partial charge in [-0.15, -0.1) is 0 Å². The lowest BCUT2D eigenvalue weighted by atomic mass is 9.75. The van der Waals surface area contributed by atoms with Gasteiger partial charge in [0, 0.05) is 11.5 Å². The molecule has 104 valence electrons. The maximum Gasteiger partial charge on any atom is 0.155 e. The van der Waals surface area contributed by atoms with Gasteiger partial charge in [0.05, 0.1) is 6.04 Å². The SMILES string of the molecule is CC.CC(C)NC(C(=O)C(C)(C)C)C(C)(C)C. The quantitative estimate of drug-likeness (QED) is 0.810. The Kier molecular flexibility index (Phi) is 7.98. The van der Waals surface area contributed by atoms with Crippen LogP contribution in [0.15, 0.2) is 0 Å². The highest BCUT2D eigenvalue weighted by Gasteiger charge is 2.37. The van der Waals surface area contributed by atoms with Crippen molar-refractivity contribution >= 4 is 5.78 Å². The first kappa shape index (κ1) is 19.0. The Hall–Kier alpha value is -0.370. The fourth-order valence-electron chi connectivity index (χ4n) is 1.49. The van der Waals surface area contributed by atoms with Gasteiger partial charge in [-0.2, -0.15) is 0 Å². The molecule has 1 atom stereocenters. The third kappa shape index (κ3) is 7.54. The second kappa shape index (κ2) is 7.15. The van der Waals surface area contributed by atoms with Gasteiger partial charge >= 0.3 is 0 Å². The maximum absolute atomic E-state index is 12.3. The van der Waals surface area contributed by atoms with Crippen LogP contribution in [-0.2, 0) is 4.79 Å². The minimum atomic E-state index is -0.278. The van der Waals surface area contributed by atoms with Gasteiger partial charge in [0.15, 0.2) is 5.78 Å². The molecule has 0 saturated carbocycles. The summed E-state index contributed by atoms with van der Waals surface area (Å²) in [6.45, 7) is 20.4. The van der Waals surface area contributed by atoms with Crippen molar-refractivity contribution in [2.75, 3.05) is 0 Å². The van der Waals surface area contributed by atoms with Crippen molar-refractivity contribution in [1.29, 1.82) is 0 Å². The van der Waals surface area contributed by atoms with Crippen molar-refractivity contribution in [2.45, 2.75) is 81.3 Å². The van der Waals surface area contributed by atoms with Crippen molar-refractivity contribution in [2.24, 2.45) is 10.8 Å². The molecule has 0 aromatic rings. The summed E-state index contributed by atoms with van der Waals surface area (Å²) in [5.74, 6) is 0.295. The number of ketones is 1. The minimum Gasteiger partial charge on any atom is -0.305 e. The molecule has 0 aromatic heterocycles. The predicted molar refractivity (Wildman–Crippen MR) is 77.3 cm³/mol. The van der Waals surface area contributed by atoms with E-state index in [4.69, 9.17) is 0 Å². The van der Waals surface area contributed by atoms with E-state index in [1.165, 1.54) is 0 Å². The highest BCUT2D eigenvalue weighted by Crippen LogP contribution is 2.27. The molecule has 0 rings (SSSR count). The maximum atomic E-state index is 12.3. The van der Waals surface area contributed by atoms with Gasteiger partial charge in [-0.3, -0.25) is 4.79 Å². The van der Waals surface area contributed by atoms with Crippen molar-refractivity contribution < 1.29 is 4.79 Å². The second-order valence-electron chi connectivity index (χ2n) is 6.73. The van der Waals surface area contributed by atoms with Gasteiger partial charge in [-0.1, -0.05) is 69.2 Å². The molecule has 0 aliphatic heterocycles. The van der Waals surface area contributed by atoms with Crippen LogP contribution in [0.2, 0.25) is 0 Å². The first-order chi connectivity index (χ1) is 7.46. The summed E-state index contributed by atoms with van der Waals surface area (Å²) in [6.07, 6.45) is 0. The van der Waals surface area contributed by atoms with E-state index in [9.17, 15) is 4.79 Å². The molecule has 0 radical (unpaired) electrons. The number of carbonyl (C=O) groups is 1. The largest absolute Gasteiger partial charge is 0.305 e. The van der Waals surface area contributed by atoms with Crippen LogP contribution in [0.5, 0.6) is 0 Å². The third-order valence-electron chi connectivity index (χ3n) is 2.37. The summed E-state index contributed by atoms with van der Waals surface area (Å²) in [6, 6.07) is 0.262. The van der Waals surface area contributed by atoms with Gasteiger partial charge in [-0.05, 0) is 5.41 Å². The van der Waals surface area contributed by atoms with Crippen LogP contribution in [0.3, 0.4) is 0 Å². The molecule has 1 unspecified atom stereocenters. The molecular formula is C15H33NO. The molecule has 0 aliphatic rings. The van der Waals surface area contributed by atoms with Gasteiger partial charge in [0.2, 0.25) is 0 Å². The average Bonchev–Trinajstić information content (AvgIpc) is 2.13. The molecule has 2 heteroatoms. The highest BCUT2D eigenvalue weighted by atomic mass is 16.1. The Morgan fingerprint density at radius 1 is 0.941 bits per heavy atom. The average molecular weight is 243 g/mol.